The van der Waals surface area contributed by atoms with Crippen molar-refractivity contribution in [3.8, 4) is 5.75 Å². The summed E-state index contributed by atoms with van der Waals surface area (Å²) in [4.78, 5) is 15.3. The van der Waals surface area contributed by atoms with Gasteiger partial charge in [0.1, 0.15) is 5.75 Å². The van der Waals surface area contributed by atoms with Gasteiger partial charge in [0.25, 0.3) is 5.91 Å². The van der Waals surface area contributed by atoms with Crippen LogP contribution < -0.4 is 10.1 Å². The summed E-state index contributed by atoms with van der Waals surface area (Å²) in [5, 5.41) is 3.20. The summed E-state index contributed by atoms with van der Waals surface area (Å²) in [6.45, 7) is 10.1. The predicted octanol–water partition coefficient (Wildman–Crippen LogP) is 3.22. The molecule has 1 atom stereocenters. The van der Waals surface area contributed by atoms with Crippen LogP contribution in [0.2, 0.25) is 0 Å². The van der Waals surface area contributed by atoms with E-state index in [2.05, 4.69) is 23.2 Å². The van der Waals surface area contributed by atoms with Crippen molar-refractivity contribution in [1.29, 1.82) is 0 Å². The van der Waals surface area contributed by atoms with Crippen LogP contribution in [0.15, 0.2) is 18.2 Å². The molecule has 2 aliphatic rings. The van der Waals surface area contributed by atoms with E-state index in [1.807, 2.05) is 26.0 Å². The fourth-order valence-corrected chi connectivity index (χ4v) is 4.34. The van der Waals surface area contributed by atoms with E-state index in [-0.39, 0.29) is 11.4 Å². The molecular formula is C22H34N2O3. The summed E-state index contributed by atoms with van der Waals surface area (Å²) in [7, 11) is 0. The van der Waals surface area contributed by atoms with Crippen molar-refractivity contribution in [2.75, 3.05) is 32.8 Å². The summed E-state index contributed by atoms with van der Waals surface area (Å²) in [5.41, 5.74) is 2.35. The third-order valence-corrected chi connectivity index (χ3v) is 6.29. The van der Waals surface area contributed by atoms with Crippen LogP contribution in [0, 0.1) is 13.8 Å². The maximum absolute atomic E-state index is 12.7. The Labute approximate surface area is 163 Å². The molecule has 5 heteroatoms. The Kier molecular flexibility index (Phi) is 6.77. The number of hydrogen-bond donors (Lipinski definition) is 1. The van der Waals surface area contributed by atoms with E-state index in [0.717, 1.165) is 50.5 Å². The molecule has 1 N–H and O–H groups in total. The first-order valence-electron chi connectivity index (χ1n) is 10.4. The van der Waals surface area contributed by atoms with Gasteiger partial charge in [0, 0.05) is 25.2 Å². The molecule has 27 heavy (non-hydrogen) atoms. The van der Waals surface area contributed by atoms with Crippen molar-refractivity contribution in [1.82, 2.24) is 10.2 Å². The van der Waals surface area contributed by atoms with Gasteiger partial charge in [-0.15, -0.1) is 0 Å². The van der Waals surface area contributed by atoms with Crippen LogP contribution in [0.5, 0.6) is 5.75 Å². The highest BCUT2D eigenvalue weighted by Gasteiger charge is 2.39. The third-order valence-electron chi connectivity index (χ3n) is 6.29. The predicted molar refractivity (Wildman–Crippen MR) is 107 cm³/mol. The zero-order chi connectivity index (χ0) is 19.3. The van der Waals surface area contributed by atoms with Crippen LogP contribution in [-0.2, 0) is 9.53 Å². The van der Waals surface area contributed by atoms with E-state index in [1.54, 1.807) is 0 Å². The lowest BCUT2D eigenvalue weighted by Gasteiger charge is -2.48. The molecule has 1 aliphatic heterocycles. The fraction of sp³-hybridized carbons (Fsp3) is 0.682. The first-order chi connectivity index (χ1) is 13.0. The highest BCUT2D eigenvalue weighted by Crippen LogP contribution is 2.34. The molecule has 150 valence electrons. The number of carbonyl (C=O) groups is 1. The van der Waals surface area contributed by atoms with Crippen molar-refractivity contribution in [2.45, 2.75) is 64.5 Å². The molecule has 1 amide bonds. The first-order valence-corrected chi connectivity index (χ1v) is 10.4. The molecule has 1 aromatic carbocycles. The van der Waals surface area contributed by atoms with Crippen molar-refractivity contribution >= 4 is 5.91 Å². The minimum absolute atomic E-state index is 0.0332. The largest absolute Gasteiger partial charge is 0.481 e. The summed E-state index contributed by atoms with van der Waals surface area (Å²) >= 11 is 0. The topological polar surface area (TPSA) is 50.8 Å². The van der Waals surface area contributed by atoms with Gasteiger partial charge in [0.15, 0.2) is 6.10 Å². The summed E-state index contributed by atoms with van der Waals surface area (Å²) in [6, 6.07) is 5.96. The zero-order valence-electron chi connectivity index (χ0n) is 17.1. The minimum atomic E-state index is -0.504. The van der Waals surface area contributed by atoms with Crippen LogP contribution in [-0.4, -0.2) is 55.3 Å². The van der Waals surface area contributed by atoms with E-state index in [0.29, 0.717) is 6.54 Å². The first kappa shape index (κ1) is 20.2. The monoisotopic (exact) mass is 374 g/mol. The van der Waals surface area contributed by atoms with Crippen molar-refractivity contribution in [3.63, 3.8) is 0 Å². The standard InChI is InChI=1S/C22H34N2O3/c1-17-8-7-9-20(18(17)2)27-19(3)21(25)23-16-22(10-5-4-6-11-22)24-12-14-26-15-13-24/h7-9,19H,4-6,10-16H2,1-3H3,(H,23,25)/t19-/m1/s1. The van der Waals surface area contributed by atoms with E-state index < -0.39 is 6.10 Å². The number of aryl methyl sites for hydroxylation is 1. The van der Waals surface area contributed by atoms with Crippen molar-refractivity contribution in [3.05, 3.63) is 29.3 Å². The molecule has 5 nitrogen and oxygen atoms in total. The molecule has 2 fully saturated rings. The lowest BCUT2D eigenvalue weighted by Crippen LogP contribution is -2.60. The number of benzene rings is 1. The molecule has 1 saturated carbocycles. The van der Waals surface area contributed by atoms with Crippen LogP contribution in [0.1, 0.15) is 50.2 Å². The molecule has 0 radical (unpaired) electrons. The van der Waals surface area contributed by atoms with Gasteiger partial charge in [0.2, 0.25) is 0 Å². The molecule has 1 saturated heterocycles. The second-order valence-electron chi connectivity index (χ2n) is 8.06. The Bertz CT molecular complexity index is 634. The van der Waals surface area contributed by atoms with Gasteiger partial charge in [-0.2, -0.15) is 0 Å². The average Bonchev–Trinajstić information content (AvgIpc) is 2.71. The van der Waals surface area contributed by atoms with Crippen LogP contribution in [0.25, 0.3) is 0 Å². The smallest absolute Gasteiger partial charge is 0.260 e. The lowest BCUT2D eigenvalue weighted by molar-refractivity contribution is -0.128. The van der Waals surface area contributed by atoms with Crippen LogP contribution >= 0.6 is 0 Å². The number of hydrogen-bond acceptors (Lipinski definition) is 4. The molecule has 0 spiro atoms. The number of nitrogens with zero attached hydrogens (tertiary/aromatic N) is 1. The molecule has 0 aromatic heterocycles. The van der Waals surface area contributed by atoms with Gasteiger partial charge in [-0.3, -0.25) is 9.69 Å². The van der Waals surface area contributed by atoms with Gasteiger partial charge in [-0.1, -0.05) is 31.4 Å². The zero-order valence-corrected chi connectivity index (χ0v) is 17.1. The number of amides is 1. The number of nitrogens with one attached hydrogen (secondary N) is 1. The number of morpholine rings is 1. The van der Waals surface area contributed by atoms with Gasteiger partial charge in [0.05, 0.1) is 13.2 Å². The van der Waals surface area contributed by atoms with Gasteiger partial charge < -0.3 is 14.8 Å². The molecular weight excluding hydrogens is 340 g/mol. The summed E-state index contributed by atoms with van der Waals surface area (Å²) in [5.74, 6) is 0.757. The quantitative estimate of drug-likeness (QED) is 0.831. The third kappa shape index (κ3) is 4.82. The fourth-order valence-electron chi connectivity index (χ4n) is 4.34. The average molecular weight is 375 g/mol. The highest BCUT2D eigenvalue weighted by molar-refractivity contribution is 5.80. The van der Waals surface area contributed by atoms with Crippen LogP contribution in [0.3, 0.4) is 0 Å². The Hall–Kier alpha value is -1.59. The second-order valence-corrected chi connectivity index (χ2v) is 8.06. The molecule has 1 heterocycles. The van der Waals surface area contributed by atoms with E-state index in [9.17, 15) is 4.79 Å². The Morgan fingerprint density at radius 1 is 1.22 bits per heavy atom. The Balaban J connectivity index is 1.60. The molecule has 3 rings (SSSR count). The normalized spacial score (nSPS) is 21.4. The Morgan fingerprint density at radius 2 is 1.93 bits per heavy atom. The SMILES string of the molecule is Cc1cccc(O[C@H](C)C(=O)NCC2(N3CCOCC3)CCCCC2)c1C. The maximum atomic E-state index is 12.7. The maximum Gasteiger partial charge on any atom is 0.260 e. The molecule has 0 unspecified atom stereocenters. The van der Waals surface area contributed by atoms with Crippen molar-refractivity contribution in [2.24, 2.45) is 0 Å². The molecule has 1 aromatic rings. The van der Waals surface area contributed by atoms with E-state index in [1.165, 1.54) is 24.8 Å². The van der Waals surface area contributed by atoms with Crippen molar-refractivity contribution < 1.29 is 14.3 Å². The number of carbonyl (C=O) groups excluding carboxylic acids is 1. The highest BCUT2D eigenvalue weighted by atomic mass is 16.5. The number of rotatable bonds is 6. The van der Waals surface area contributed by atoms with Gasteiger partial charge in [-0.25, -0.2) is 0 Å². The number of ether oxygens (including phenoxy) is 2. The lowest BCUT2D eigenvalue weighted by atomic mass is 9.79. The minimum Gasteiger partial charge on any atom is -0.481 e. The van der Waals surface area contributed by atoms with E-state index >= 15 is 0 Å². The second kappa shape index (κ2) is 9.07. The molecule has 0 bridgehead atoms. The van der Waals surface area contributed by atoms with Gasteiger partial charge in [-0.05, 0) is 50.8 Å². The Morgan fingerprint density at radius 3 is 2.63 bits per heavy atom. The van der Waals surface area contributed by atoms with E-state index in [4.69, 9.17) is 9.47 Å². The molecule has 1 aliphatic carbocycles. The summed E-state index contributed by atoms with van der Waals surface area (Å²) in [6.07, 6.45) is 5.57. The summed E-state index contributed by atoms with van der Waals surface area (Å²) < 4.78 is 11.5. The van der Waals surface area contributed by atoms with Crippen LogP contribution in [0.4, 0.5) is 0 Å². The van der Waals surface area contributed by atoms with Gasteiger partial charge >= 0.3 is 0 Å².